The lowest BCUT2D eigenvalue weighted by atomic mass is 10.2. The lowest BCUT2D eigenvalue weighted by Crippen LogP contribution is -1.80. The SMILES string of the molecule is Fc1ccc(/C=N\c2nccs2)cc1. The van der Waals surface area contributed by atoms with Gasteiger partial charge in [-0.15, -0.1) is 11.3 Å². The zero-order valence-corrected chi connectivity index (χ0v) is 8.04. The molecule has 1 aromatic carbocycles. The molecule has 2 aromatic rings. The summed E-state index contributed by atoms with van der Waals surface area (Å²) in [5, 5.41) is 2.56. The van der Waals surface area contributed by atoms with Gasteiger partial charge in [-0.1, -0.05) is 12.1 Å². The smallest absolute Gasteiger partial charge is 0.208 e. The van der Waals surface area contributed by atoms with Gasteiger partial charge in [-0.2, -0.15) is 0 Å². The van der Waals surface area contributed by atoms with E-state index in [1.165, 1.54) is 23.5 Å². The first-order valence-electron chi connectivity index (χ1n) is 4.04. The normalized spacial score (nSPS) is 10.9. The van der Waals surface area contributed by atoms with Gasteiger partial charge in [0.05, 0.1) is 0 Å². The minimum atomic E-state index is -0.239. The monoisotopic (exact) mass is 206 g/mol. The molecule has 0 spiro atoms. The number of aliphatic imine (C=N–C) groups is 1. The Hall–Kier alpha value is -1.55. The molecule has 70 valence electrons. The molecule has 0 N–H and O–H groups in total. The number of rotatable bonds is 2. The molecule has 0 aliphatic rings. The van der Waals surface area contributed by atoms with Crippen molar-refractivity contribution in [3.05, 3.63) is 47.2 Å². The lowest BCUT2D eigenvalue weighted by molar-refractivity contribution is 0.628. The first-order valence-corrected chi connectivity index (χ1v) is 4.92. The molecule has 14 heavy (non-hydrogen) atoms. The van der Waals surface area contributed by atoms with Crippen molar-refractivity contribution in [3.8, 4) is 0 Å². The summed E-state index contributed by atoms with van der Waals surface area (Å²) in [5.74, 6) is -0.239. The molecule has 0 radical (unpaired) electrons. The van der Waals surface area contributed by atoms with E-state index in [0.29, 0.717) is 5.13 Å². The Bertz CT molecular complexity index is 420. The Kier molecular flexibility index (Phi) is 2.65. The second kappa shape index (κ2) is 4.11. The molecular formula is C10H7FN2S. The summed E-state index contributed by atoms with van der Waals surface area (Å²) in [5.41, 5.74) is 0.863. The van der Waals surface area contributed by atoms with E-state index in [0.717, 1.165) is 5.56 Å². The van der Waals surface area contributed by atoms with Gasteiger partial charge in [-0.3, -0.25) is 0 Å². The number of aromatic nitrogens is 1. The topological polar surface area (TPSA) is 25.2 Å². The summed E-state index contributed by atoms with van der Waals surface area (Å²) in [6.45, 7) is 0. The first-order chi connectivity index (χ1) is 6.84. The maximum absolute atomic E-state index is 12.5. The molecule has 0 saturated heterocycles. The van der Waals surface area contributed by atoms with Crippen molar-refractivity contribution in [2.24, 2.45) is 4.99 Å². The summed E-state index contributed by atoms with van der Waals surface area (Å²) in [7, 11) is 0. The molecule has 4 heteroatoms. The molecule has 0 aliphatic carbocycles. The van der Waals surface area contributed by atoms with Crippen LogP contribution in [0.4, 0.5) is 9.52 Å². The number of halogens is 1. The Morgan fingerprint density at radius 1 is 1.29 bits per heavy atom. The quantitative estimate of drug-likeness (QED) is 0.693. The summed E-state index contributed by atoms with van der Waals surface area (Å²) in [6, 6.07) is 6.16. The Morgan fingerprint density at radius 2 is 2.07 bits per heavy atom. The summed E-state index contributed by atoms with van der Waals surface area (Å²) >= 11 is 1.46. The van der Waals surface area contributed by atoms with E-state index in [-0.39, 0.29) is 5.82 Å². The zero-order valence-electron chi connectivity index (χ0n) is 7.22. The van der Waals surface area contributed by atoms with E-state index < -0.39 is 0 Å². The molecule has 0 amide bonds. The third-order valence-electron chi connectivity index (χ3n) is 1.61. The maximum atomic E-state index is 12.5. The van der Waals surface area contributed by atoms with E-state index in [1.54, 1.807) is 24.5 Å². The Morgan fingerprint density at radius 3 is 2.71 bits per heavy atom. The van der Waals surface area contributed by atoms with Gasteiger partial charge in [-0.25, -0.2) is 14.4 Å². The van der Waals surface area contributed by atoms with Crippen molar-refractivity contribution in [2.45, 2.75) is 0 Å². The Labute approximate surface area is 84.8 Å². The van der Waals surface area contributed by atoms with Crippen molar-refractivity contribution >= 4 is 22.7 Å². The molecule has 0 aliphatic heterocycles. The molecule has 1 heterocycles. The summed E-state index contributed by atoms with van der Waals surface area (Å²) < 4.78 is 12.5. The highest BCUT2D eigenvalue weighted by Crippen LogP contribution is 2.14. The minimum Gasteiger partial charge on any atom is -0.227 e. The van der Waals surface area contributed by atoms with Crippen LogP contribution in [0.5, 0.6) is 0 Å². The predicted octanol–water partition coefficient (Wildman–Crippen LogP) is 3.03. The van der Waals surface area contributed by atoms with Crippen LogP contribution < -0.4 is 0 Å². The van der Waals surface area contributed by atoms with E-state index in [1.807, 2.05) is 5.38 Å². The highest BCUT2D eigenvalue weighted by molar-refractivity contribution is 7.13. The average Bonchev–Trinajstić information content (AvgIpc) is 2.70. The van der Waals surface area contributed by atoms with Gasteiger partial charge in [0.2, 0.25) is 5.13 Å². The van der Waals surface area contributed by atoms with E-state index in [9.17, 15) is 4.39 Å². The molecule has 0 atom stereocenters. The van der Waals surface area contributed by atoms with Crippen LogP contribution >= 0.6 is 11.3 Å². The van der Waals surface area contributed by atoms with Crippen LogP contribution in [-0.2, 0) is 0 Å². The van der Waals surface area contributed by atoms with Crippen LogP contribution in [0.25, 0.3) is 0 Å². The second-order valence-electron chi connectivity index (χ2n) is 2.62. The zero-order chi connectivity index (χ0) is 9.80. The molecule has 0 unspecified atom stereocenters. The van der Waals surface area contributed by atoms with Crippen molar-refractivity contribution in [1.82, 2.24) is 4.98 Å². The van der Waals surface area contributed by atoms with Crippen LogP contribution in [0.1, 0.15) is 5.56 Å². The largest absolute Gasteiger partial charge is 0.227 e. The van der Waals surface area contributed by atoms with Gasteiger partial charge in [-0.05, 0) is 17.7 Å². The number of hydrogen-bond acceptors (Lipinski definition) is 3. The number of hydrogen-bond donors (Lipinski definition) is 0. The highest BCUT2D eigenvalue weighted by Gasteiger charge is 1.91. The van der Waals surface area contributed by atoms with E-state index in [4.69, 9.17) is 0 Å². The molecule has 2 nitrogen and oxygen atoms in total. The van der Waals surface area contributed by atoms with Crippen molar-refractivity contribution in [3.63, 3.8) is 0 Å². The van der Waals surface area contributed by atoms with Gasteiger partial charge in [0, 0.05) is 17.8 Å². The Balaban J connectivity index is 2.15. The van der Waals surface area contributed by atoms with Crippen molar-refractivity contribution in [2.75, 3.05) is 0 Å². The molecule has 1 aromatic heterocycles. The molecule has 2 rings (SSSR count). The van der Waals surface area contributed by atoms with Crippen LogP contribution in [0.2, 0.25) is 0 Å². The van der Waals surface area contributed by atoms with Crippen LogP contribution in [0.15, 0.2) is 40.8 Å². The van der Waals surface area contributed by atoms with E-state index >= 15 is 0 Å². The van der Waals surface area contributed by atoms with Gasteiger partial charge >= 0.3 is 0 Å². The van der Waals surface area contributed by atoms with Crippen LogP contribution in [-0.4, -0.2) is 11.2 Å². The van der Waals surface area contributed by atoms with Crippen molar-refractivity contribution in [1.29, 1.82) is 0 Å². The van der Waals surface area contributed by atoms with Crippen LogP contribution in [0, 0.1) is 5.82 Å². The molecule has 0 saturated carbocycles. The lowest BCUT2D eigenvalue weighted by Gasteiger charge is -1.90. The fourth-order valence-corrected chi connectivity index (χ4v) is 1.44. The molecular weight excluding hydrogens is 199 g/mol. The van der Waals surface area contributed by atoms with Gasteiger partial charge in [0.1, 0.15) is 5.82 Å². The van der Waals surface area contributed by atoms with E-state index in [2.05, 4.69) is 9.98 Å². The fraction of sp³-hybridized carbons (Fsp3) is 0. The average molecular weight is 206 g/mol. The summed E-state index contributed by atoms with van der Waals surface area (Å²) in [4.78, 5) is 8.12. The van der Waals surface area contributed by atoms with Crippen LogP contribution in [0.3, 0.4) is 0 Å². The van der Waals surface area contributed by atoms with Gasteiger partial charge in [0.25, 0.3) is 0 Å². The highest BCUT2D eigenvalue weighted by atomic mass is 32.1. The van der Waals surface area contributed by atoms with Gasteiger partial charge in [0.15, 0.2) is 0 Å². The third kappa shape index (κ3) is 2.23. The summed E-state index contributed by atoms with van der Waals surface area (Å²) in [6.07, 6.45) is 3.36. The second-order valence-corrected chi connectivity index (χ2v) is 3.50. The predicted molar refractivity (Wildman–Crippen MR) is 55.8 cm³/mol. The number of benzene rings is 1. The first kappa shape index (κ1) is 9.02. The number of nitrogens with zero attached hydrogens (tertiary/aromatic N) is 2. The maximum Gasteiger partial charge on any atom is 0.208 e. The molecule has 0 fully saturated rings. The fourth-order valence-electron chi connectivity index (χ4n) is 0.958. The van der Waals surface area contributed by atoms with Gasteiger partial charge < -0.3 is 0 Å². The standard InChI is InChI=1S/C10H7FN2S/c11-9-3-1-8(2-4-9)7-13-10-12-5-6-14-10/h1-7H/b13-7-. The van der Waals surface area contributed by atoms with Crippen molar-refractivity contribution < 1.29 is 4.39 Å². The molecule has 0 bridgehead atoms. The number of thiazole rings is 1. The third-order valence-corrected chi connectivity index (χ3v) is 2.29. The minimum absolute atomic E-state index is 0.239.